The Morgan fingerprint density at radius 1 is 1.04 bits per heavy atom. The van der Waals surface area contributed by atoms with Gasteiger partial charge in [-0.3, -0.25) is 9.79 Å². The van der Waals surface area contributed by atoms with E-state index in [9.17, 15) is 4.79 Å². The van der Waals surface area contributed by atoms with Crippen molar-refractivity contribution in [3.8, 4) is 0 Å². The molecule has 0 spiro atoms. The molecule has 0 heterocycles. The number of hydrogen-bond donors (Lipinski definition) is 1. The highest BCUT2D eigenvalue weighted by Crippen LogP contribution is 2.32. The van der Waals surface area contributed by atoms with Gasteiger partial charge in [0.15, 0.2) is 0 Å². The van der Waals surface area contributed by atoms with Crippen LogP contribution in [-0.4, -0.2) is 25.6 Å². The second-order valence-corrected chi connectivity index (χ2v) is 6.54. The average Bonchev–Trinajstić information content (AvgIpc) is 2.56. The van der Waals surface area contributed by atoms with Crippen LogP contribution in [-0.2, 0) is 4.79 Å². The molecule has 2 N–H and O–H groups in total. The number of para-hydroxylation sites is 2. The molecule has 0 saturated heterocycles. The number of Topliss-reactive ketones (excluding diaryl/α,β-unsaturated/α-hetero) is 1. The Kier molecular flexibility index (Phi) is 4.65. The molecule has 0 aliphatic heterocycles. The lowest BCUT2D eigenvalue weighted by Crippen LogP contribution is -2.21. The van der Waals surface area contributed by atoms with Gasteiger partial charge < -0.3 is 10.6 Å². The number of nitrogens with two attached hydrogens (primary N) is 1. The van der Waals surface area contributed by atoms with E-state index in [1.54, 1.807) is 0 Å². The first-order valence-electron chi connectivity index (χ1n) is 8.23. The minimum absolute atomic E-state index is 0.200. The van der Waals surface area contributed by atoms with E-state index < -0.39 is 0 Å². The topological polar surface area (TPSA) is 58.7 Å². The van der Waals surface area contributed by atoms with Crippen LogP contribution in [0.15, 0.2) is 53.5 Å². The lowest BCUT2D eigenvalue weighted by Gasteiger charge is -2.24. The third-order valence-corrected chi connectivity index (χ3v) is 4.45. The molecule has 124 valence electrons. The minimum Gasteiger partial charge on any atom is -0.397 e. The molecule has 24 heavy (non-hydrogen) atoms. The van der Waals surface area contributed by atoms with Gasteiger partial charge >= 0.3 is 0 Å². The molecule has 2 aromatic rings. The van der Waals surface area contributed by atoms with Crippen molar-refractivity contribution in [2.45, 2.75) is 25.2 Å². The zero-order valence-corrected chi connectivity index (χ0v) is 14.2. The third-order valence-electron chi connectivity index (χ3n) is 4.45. The summed E-state index contributed by atoms with van der Waals surface area (Å²) in [5.41, 5.74) is 10.6. The predicted octanol–water partition coefficient (Wildman–Crippen LogP) is 3.94. The van der Waals surface area contributed by atoms with Crippen LogP contribution in [0, 0.1) is 0 Å². The first kappa shape index (κ1) is 16.2. The summed E-state index contributed by atoms with van der Waals surface area (Å²) in [7, 11) is 4.04. The van der Waals surface area contributed by atoms with Crippen molar-refractivity contribution in [2.24, 2.45) is 4.99 Å². The standard InChI is InChI=1S/C20H23N3O/c1-23(2)17-9-7-14(8-10-17)15-11-16(13-18(24)12-15)22-20-6-4-3-5-19(20)21/h3-10,15H,11-13,21H2,1-2H3/t15-/m1/s1. The van der Waals surface area contributed by atoms with Gasteiger partial charge in [0.25, 0.3) is 0 Å². The van der Waals surface area contributed by atoms with Crippen molar-refractivity contribution in [2.75, 3.05) is 24.7 Å². The molecule has 0 bridgehead atoms. The molecule has 2 aromatic carbocycles. The average molecular weight is 321 g/mol. The highest BCUT2D eigenvalue weighted by molar-refractivity contribution is 6.06. The third kappa shape index (κ3) is 3.65. The summed E-state index contributed by atoms with van der Waals surface area (Å²) in [6.45, 7) is 0. The fourth-order valence-corrected chi connectivity index (χ4v) is 3.13. The summed E-state index contributed by atoms with van der Waals surface area (Å²) in [5, 5.41) is 0. The van der Waals surface area contributed by atoms with Crippen LogP contribution < -0.4 is 10.6 Å². The molecule has 3 rings (SSSR count). The summed E-state index contributed by atoms with van der Waals surface area (Å²) in [5.74, 6) is 0.447. The number of anilines is 2. The Balaban J connectivity index is 1.83. The number of aliphatic imine (C=N–C) groups is 1. The Bertz CT molecular complexity index is 763. The molecule has 0 radical (unpaired) electrons. The quantitative estimate of drug-likeness (QED) is 0.871. The Labute approximate surface area is 143 Å². The molecular weight excluding hydrogens is 298 g/mol. The van der Waals surface area contributed by atoms with Gasteiger partial charge in [-0.25, -0.2) is 0 Å². The van der Waals surface area contributed by atoms with Gasteiger partial charge in [0.1, 0.15) is 5.78 Å². The van der Waals surface area contributed by atoms with Crippen LogP contribution in [0.3, 0.4) is 0 Å². The maximum Gasteiger partial charge on any atom is 0.139 e. The second-order valence-electron chi connectivity index (χ2n) is 6.54. The SMILES string of the molecule is CN(C)c1ccc([C@H]2CC(=O)CC(=Nc3ccccc3N)C2)cc1. The van der Waals surface area contributed by atoms with Crippen molar-refractivity contribution >= 4 is 28.6 Å². The van der Waals surface area contributed by atoms with Gasteiger partial charge in [-0.1, -0.05) is 24.3 Å². The van der Waals surface area contributed by atoms with Gasteiger partial charge in [0.05, 0.1) is 11.4 Å². The molecule has 0 unspecified atom stereocenters. The van der Waals surface area contributed by atoms with E-state index in [0.717, 1.165) is 23.5 Å². The first-order valence-corrected chi connectivity index (χ1v) is 8.23. The fraction of sp³-hybridized carbons (Fsp3) is 0.300. The van der Waals surface area contributed by atoms with Crippen LogP contribution in [0.5, 0.6) is 0 Å². The fourth-order valence-electron chi connectivity index (χ4n) is 3.13. The zero-order chi connectivity index (χ0) is 17.1. The summed E-state index contributed by atoms with van der Waals surface area (Å²) in [4.78, 5) is 18.9. The lowest BCUT2D eigenvalue weighted by molar-refractivity contribution is -0.118. The zero-order valence-electron chi connectivity index (χ0n) is 14.2. The molecule has 4 heteroatoms. The normalized spacial score (nSPS) is 19.5. The number of ketones is 1. The van der Waals surface area contributed by atoms with Gasteiger partial charge in [0.2, 0.25) is 0 Å². The highest BCUT2D eigenvalue weighted by Gasteiger charge is 2.25. The van der Waals surface area contributed by atoms with E-state index in [-0.39, 0.29) is 11.7 Å². The Morgan fingerprint density at radius 3 is 2.42 bits per heavy atom. The van der Waals surface area contributed by atoms with Crippen molar-refractivity contribution in [3.05, 3.63) is 54.1 Å². The summed E-state index contributed by atoms with van der Waals surface area (Å²) < 4.78 is 0. The Hall–Kier alpha value is -2.62. The number of rotatable bonds is 3. The molecule has 1 saturated carbocycles. The van der Waals surface area contributed by atoms with Crippen molar-refractivity contribution in [1.82, 2.24) is 0 Å². The van der Waals surface area contributed by atoms with E-state index in [0.29, 0.717) is 18.5 Å². The van der Waals surface area contributed by atoms with E-state index in [1.807, 2.05) is 38.4 Å². The largest absolute Gasteiger partial charge is 0.397 e. The molecular formula is C20H23N3O. The van der Waals surface area contributed by atoms with Crippen LogP contribution >= 0.6 is 0 Å². The number of hydrogen-bond acceptors (Lipinski definition) is 4. The number of nitrogens with zero attached hydrogens (tertiary/aromatic N) is 2. The summed E-state index contributed by atoms with van der Waals surface area (Å²) in [6, 6.07) is 16.0. The number of benzene rings is 2. The van der Waals surface area contributed by atoms with Crippen LogP contribution in [0.4, 0.5) is 17.1 Å². The lowest BCUT2D eigenvalue weighted by atomic mass is 9.82. The molecule has 0 aromatic heterocycles. The van der Waals surface area contributed by atoms with Crippen molar-refractivity contribution < 1.29 is 4.79 Å². The maximum atomic E-state index is 12.2. The van der Waals surface area contributed by atoms with Gasteiger partial charge in [-0.2, -0.15) is 0 Å². The molecule has 1 aliphatic rings. The van der Waals surface area contributed by atoms with Crippen molar-refractivity contribution in [3.63, 3.8) is 0 Å². The van der Waals surface area contributed by atoms with Gasteiger partial charge in [-0.05, 0) is 42.2 Å². The smallest absolute Gasteiger partial charge is 0.139 e. The van der Waals surface area contributed by atoms with Crippen molar-refractivity contribution in [1.29, 1.82) is 0 Å². The molecule has 1 atom stereocenters. The maximum absolute atomic E-state index is 12.2. The first-order chi connectivity index (χ1) is 11.5. The highest BCUT2D eigenvalue weighted by atomic mass is 16.1. The van der Waals surface area contributed by atoms with Crippen LogP contribution in [0.2, 0.25) is 0 Å². The number of carbonyl (C=O) groups is 1. The second kappa shape index (κ2) is 6.87. The number of nitrogen functional groups attached to an aromatic ring is 1. The molecule has 0 amide bonds. The summed E-state index contributed by atoms with van der Waals surface area (Å²) in [6.07, 6.45) is 1.83. The van der Waals surface area contributed by atoms with Crippen LogP contribution in [0.25, 0.3) is 0 Å². The van der Waals surface area contributed by atoms with E-state index >= 15 is 0 Å². The summed E-state index contributed by atoms with van der Waals surface area (Å²) >= 11 is 0. The monoisotopic (exact) mass is 321 g/mol. The van der Waals surface area contributed by atoms with Gasteiger partial charge in [-0.15, -0.1) is 0 Å². The number of carbonyl (C=O) groups excluding carboxylic acids is 1. The minimum atomic E-state index is 0.200. The predicted molar refractivity (Wildman–Crippen MR) is 100 cm³/mol. The Morgan fingerprint density at radius 2 is 1.75 bits per heavy atom. The van der Waals surface area contributed by atoms with E-state index in [4.69, 9.17) is 5.73 Å². The molecule has 1 fully saturated rings. The van der Waals surface area contributed by atoms with E-state index in [2.05, 4.69) is 34.2 Å². The molecule has 4 nitrogen and oxygen atoms in total. The van der Waals surface area contributed by atoms with E-state index in [1.165, 1.54) is 5.56 Å². The molecule has 1 aliphatic carbocycles. The van der Waals surface area contributed by atoms with Gasteiger partial charge in [0, 0.05) is 38.3 Å². The van der Waals surface area contributed by atoms with Crippen LogP contribution in [0.1, 0.15) is 30.7 Å².